The van der Waals surface area contributed by atoms with Gasteiger partial charge >= 0.3 is 12.0 Å². The molecule has 2 amide bonds. The first-order valence-electron chi connectivity index (χ1n) is 7.40. The Hall–Kier alpha value is -2.04. The fourth-order valence-corrected chi connectivity index (χ4v) is 2.32. The van der Waals surface area contributed by atoms with Crippen molar-refractivity contribution < 1.29 is 14.7 Å². The molecule has 0 aliphatic heterocycles. The van der Waals surface area contributed by atoms with Crippen molar-refractivity contribution in [1.82, 2.24) is 5.32 Å². The standard InChI is InChI=1S/C16H22N2O3/c1-11(13-6-7-13)10-17-16(21)18-14-4-2-3-12(9-14)5-8-15(19)20/h2-4,9,11,13H,5-8,10H2,1H3,(H,19,20)(H2,17,18,21). The number of benzene rings is 1. The third-order valence-corrected chi connectivity index (χ3v) is 3.82. The Morgan fingerprint density at radius 1 is 1.38 bits per heavy atom. The molecule has 0 heterocycles. The number of carbonyl (C=O) groups is 2. The van der Waals surface area contributed by atoms with Gasteiger partial charge in [-0.05, 0) is 48.8 Å². The molecular weight excluding hydrogens is 268 g/mol. The quantitative estimate of drug-likeness (QED) is 0.722. The Kier molecular flexibility index (Phi) is 5.20. The minimum atomic E-state index is -0.819. The van der Waals surface area contributed by atoms with Gasteiger partial charge in [-0.3, -0.25) is 4.79 Å². The monoisotopic (exact) mass is 290 g/mol. The number of hydrogen-bond donors (Lipinski definition) is 3. The Morgan fingerprint density at radius 2 is 2.14 bits per heavy atom. The second-order valence-corrected chi connectivity index (χ2v) is 5.74. The molecule has 21 heavy (non-hydrogen) atoms. The average Bonchev–Trinajstić information content (AvgIpc) is 3.27. The van der Waals surface area contributed by atoms with Gasteiger partial charge in [-0.1, -0.05) is 19.1 Å². The summed E-state index contributed by atoms with van der Waals surface area (Å²) in [7, 11) is 0. The van der Waals surface area contributed by atoms with E-state index in [2.05, 4.69) is 17.6 Å². The van der Waals surface area contributed by atoms with Gasteiger partial charge in [0.05, 0.1) is 0 Å². The van der Waals surface area contributed by atoms with E-state index in [0.29, 0.717) is 24.6 Å². The Labute approximate surface area is 124 Å². The molecular formula is C16H22N2O3. The van der Waals surface area contributed by atoms with E-state index in [0.717, 1.165) is 11.5 Å². The van der Waals surface area contributed by atoms with E-state index >= 15 is 0 Å². The molecule has 1 saturated carbocycles. The zero-order chi connectivity index (χ0) is 15.2. The molecule has 1 fully saturated rings. The maximum atomic E-state index is 11.8. The van der Waals surface area contributed by atoms with Crippen LogP contribution in [0.3, 0.4) is 0 Å². The molecule has 0 bridgehead atoms. The lowest BCUT2D eigenvalue weighted by atomic mass is 10.1. The van der Waals surface area contributed by atoms with Crippen molar-refractivity contribution >= 4 is 17.7 Å². The first-order chi connectivity index (χ1) is 10.0. The van der Waals surface area contributed by atoms with Gasteiger partial charge in [-0.25, -0.2) is 4.79 Å². The normalized spacial score (nSPS) is 15.3. The number of carboxylic acids is 1. The van der Waals surface area contributed by atoms with Crippen molar-refractivity contribution in [3.63, 3.8) is 0 Å². The van der Waals surface area contributed by atoms with Crippen molar-refractivity contribution in [3.05, 3.63) is 29.8 Å². The number of carboxylic acid groups (broad SMARTS) is 1. The van der Waals surface area contributed by atoms with Crippen LogP contribution in [0.2, 0.25) is 0 Å². The highest BCUT2D eigenvalue weighted by molar-refractivity contribution is 5.89. The SMILES string of the molecule is CC(CNC(=O)Nc1cccc(CCC(=O)O)c1)C1CC1. The molecule has 5 heteroatoms. The number of aliphatic carboxylic acids is 1. The number of amides is 2. The van der Waals surface area contributed by atoms with Crippen molar-refractivity contribution in [2.45, 2.75) is 32.6 Å². The summed E-state index contributed by atoms with van der Waals surface area (Å²) in [6.45, 7) is 2.85. The first kappa shape index (κ1) is 15.4. The van der Waals surface area contributed by atoms with E-state index < -0.39 is 5.97 Å². The van der Waals surface area contributed by atoms with E-state index in [9.17, 15) is 9.59 Å². The fourth-order valence-electron chi connectivity index (χ4n) is 2.32. The van der Waals surface area contributed by atoms with Crippen molar-refractivity contribution in [1.29, 1.82) is 0 Å². The number of carbonyl (C=O) groups excluding carboxylic acids is 1. The van der Waals surface area contributed by atoms with Crippen LogP contribution in [0, 0.1) is 11.8 Å². The third kappa shape index (κ3) is 5.45. The minimum Gasteiger partial charge on any atom is -0.481 e. The van der Waals surface area contributed by atoms with E-state index in [1.54, 1.807) is 6.07 Å². The molecule has 114 valence electrons. The number of nitrogens with one attached hydrogen (secondary N) is 2. The van der Waals surface area contributed by atoms with E-state index in [4.69, 9.17) is 5.11 Å². The summed E-state index contributed by atoms with van der Waals surface area (Å²) in [6.07, 6.45) is 3.10. The molecule has 3 N–H and O–H groups in total. The third-order valence-electron chi connectivity index (χ3n) is 3.82. The topological polar surface area (TPSA) is 78.4 Å². The van der Waals surface area contributed by atoms with Crippen molar-refractivity contribution in [3.8, 4) is 0 Å². The highest BCUT2D eigenvalue weighted by Gasteiger charge is 2.27. The maximum Gasteiger partial charge on any atom is 0.319 e. The van der Waals surface area contributed by atoms with E-state index in [1.807, 2.05) is 18.2 Å². The lowest BCUT2D eigenvalue weighted by Crippen LogP contribution is -2.32. The van der Waals surface area contributed by atoms with Crippen LogP contribution in [0.5, 0.6) is 0 Å². The number of hydrogen-bond acceptors (Lipinski definition) is 2. The first-order valence-corrected chi connectivity index (χ1v) is 7.40. The molecule has 1 aromatic carbocycles. The maximum absolute atomic E-state index is 11.8. The number of urea groups is 1. The molecule has 0 saturated heterocycles. The molecule has 1 unspecified atom stereocenters. The lowest BCUT2D eigenvalue weighted by Gasteiger charge is -2.12. The van der Waals surface area contributed by atoms with Crippen LogP contribution in [-0.4, -0.2) is 23.7 Å². The van der Waals surface area contributed by atoms with Crippen molar-refractivity contribution in [2.24, 2.45) is 11.8 Å². The Balaban J connectivity index is 1.79. The molecule has 2 rings (SSSR count). The zero-order valence-corrected chi connectivity index (χ0v) is 12.3. The van der Waals surface area contributed by atoms with Crippen molar-refractivity contribution in [2.75, 3.05) is 11.9 Å². The van der Waals surface area contributed by atoms with Crippen LogP contribution < -0.4 is 10.6 Å². The highest BCUT2D eigenvalue weighted by Crippen LogP contribution is 2.36. The highest BCUT2D eigenvalue weighted by atomic mass is 16.4. The smallest absolute Gasteiger partial charge is 0.319 e. The van der Waals surface area contributed by atoms with Gasteiger partial charge in [0.15, 0.2) is 0 Å². The summed E-state index contributed by atoms with van der Waals surface area (Å²) in [5.74, 6) is 0.475. The van der Waals surface area contributed by atoms with Gasteiger partial charge < -0.3 is 15.7 Å². The molecule has 0 radical (unpaired) electrons. The van der Waals surface area contributed by atoms with Crippen LogP contribution in [0.25, 0.3) is 0 Å². The Bertz CT molecular complexity index is 512. The fraction of sp³-hybridized carbons (Fsp3) is 0.500. The zero-order valence-electron chi connectivity index (χ0n) is 12.3. The van der Waals surface area contributed by atoms with Gasteiger partial charge in [0.1, 0.15) is 0 Å². The van der Waals surface area contributed by atoms with E-state index in [-0.39, 0.29) is 12.5 Å². The molecule has 0 aromatic heterocycles. The largest absolute Gasteiger partial charge is 0.481 e. The van der Waals surface area contributed by atoms with Crippen LogP contribution in [0.4, 0.5) is 10.5 Å². The van der Waals surface area contributed by atoms with Gasteiger partial charge in [-0.2, -0.15) is 0 Å². The van der Waals surface area contributed by atoms with Crippen LogP contribution in [-0.2, 0) is 11.2 Å². The predicted octanol–water partition coefficient (Wildman–Crippen LogP) is 2.87. The lowest BCUT2D eigenvalue weighted by molar-refractivity contribution is -0.136. The van der Waals surface area contributed by atoms with Gasteiger partial charge in [-0.15, -0.1) is 0 Å². The second-order valence-electron chi connectivity index (χ2n) is 5.74. The molecule has 1 aliphatic rings. The number of anilines is 1. The number of rotatable bonds is 7. The molecule has 0 spiro atoms. The van der Waals surface area contributed by atoms with Gasteiger partial charge in [0, 0.05) is 18.7 Å². The van der Waals surface area contributed by atoms with Crippen LogP contribution >= 0.6 is 0 Å². The summed E-state index contributed by atoms with van der Waals surface area (Å²) >= 11 is 0. The average molecular weight is 290 g/mol. The molecule has 1 aliphatic carbocycles. The molecule has 5 nitrogen and oxygen atoms in total. The summed E-state index contributed by atoms with van der Waals surface area (Å²) in [5.41, 5.74) is 1.59. The molecule has 1 aromatic rings. The van der Waals surface area contributed by atoms with E-state index in [1.165, 1.54) is 12.8 Å². The summed E-state index contributed by atoms with van der Waals surface area (Å²) in [5, 5.41) is 14.3. The minimum absolute atomic E-state index is 0.0918. The van der Waals surface area contributed by atoms with Gasteiger partial charge in [0.25, 0.3) is 0 Å². The Morgan fingerprint density at radius 3 is 2.81 bits per heavy atom. The molecule has 1 atom stereocenters. The second kappa shape index (κ2) is 7.11. The van der Waals surface area contributed by atoms with Crippen LogP contribution in [0.15, 0.2) is 24.3 Å². The summed E-state index contributed by atoms with van der Waals surface area (Å²) in [6, 6.07) is 7.08. The summed E-state index contributed by atoms with van der Waals surface area (Å²) in [4.78, 5) is 22.4. The summed E-state index contributed by atoms with van der Waals surface area (Å²) < 4.78 is 0. The predicted molar refractivity (Wildman–Crippen MR) is 81.3 cm³/mol. The van der Waals surface area contributed by atoms with Gasteiger partial charge in [0.2, 0.25) is 0 Å². The number of aryl methyl sites for hydroxylation is 1. The van der Waals surface area contributed by atoms with Crippen LogP contribution in [0.1, 0.15) is 31.7 Å².